The molecule has 1 aromatic rings. The number of hydrogen-bond acceptors (Lipinski definition) is 5. The summed E-state index contributed by atoms with van der Waals surface area (Å²) in [6.45, 7) is 0.167. The second-order valence-corrected chi connectivity index (χ2v) is 2.12. The number of nitro benzene ring substituents is 1. The van der Waals surface area contributed by atoms with Crippen LogP contribution < -0.4 is 4.74 Å². The second kappa shape index (κ2) is 3.53. The molecule has 1 rings (SSSR count). The summed E-state index contributed by atoms with van der Waals surface area (Å²) in [6.07, 6.45) is 0. The van der Waals surface area contributed by atoms with Crippen LogP contribution in [0.25, 0.3) is 0 Å². The first-order chi connectivity index (χ1) is 6.15. The molecule has 6 nitrogen and oxygen atoms in total. The van der Waals surface area contributed by atoms with Gasteiger partial charge in [0, 0.05) is 12.1 Å². The lowest BCUT2D eigenvalue weighted by Crippen LogP contribution is -1.91. The van der Waals surface area contributed by atoms with Gasteiger partial charge in [0.2, 0.25) is 0 Å². The number of phenols is 1. The molecule has 0 aliphatic rings. The molecule has 6 heteroatoms. The Kier molecular flexibility index (Phi) is 2.44. The van der Waals surface area contributed by atoms with E-state index in [1.807, 2.05) is 0 Å². The van der Waals surface area contributed by atoms with Gasteiger partial charge in [-0.15, -0.1) is 0 Å². The molecule has 68 valence electrons. The van der Waals surface area contributed by atoms with Crippen LogP contribution in [0.3, 0.4) is 0 Å². The van der Waals surface area contributed by atoms with Crippen molar-refractivity contribution in [1.29, 1.82) is 0 Å². The van der Waals surface area contributed by atoms with Crippen LogP contribution in [-0.4, -0.2) is 16.5 Å². The molecule has 0 atom stereocenters. The molecule has 0 amide bonds. The lowest BCUT2D eigenvalue weighted by atomic mass is 10.3. The molecular weight excluding hydrogens is 178 g/mol. The summed E-state index contributed by atoms with van der Waals surface area (Å²) in [5.41, 5.74) is -0.432. The summed E-state index contributed by atoms with van der Waals surface area (Å²) in [5, 5.41) is 19.3. The van der Waals surface area contributed by atoms with Gasteiger partial charge in [-0.05, 0) is 6.07 Å². The van der Waals surface area contributed by atoms with Crippen molar-refractivity contribution < 1.29 is 19.6 Å². The predicted octanol–water partition coefficient (Wildman–Crippen LogP) is 0.836. The molecule has 0 aromatic heterocycles. The Morgan fingerprint density at radius 2 is 2.23 bits per heavy atom. The van der Waals surface area contributed by atoms with Gasteiger partial charge in [0.25, 0.3) is 6.47 Å². The van der Waals surface area contributed by atoms with E-state index in [-0.39, 0.29) is 12.2 Å². The Balaban J connectivity index is 3.05. The summed E-state index contributed by atoms with van der Waals surface area (Å²) in [6, 6.07) is 3.26. The average Bonchev–Trinajstić information content (AvgIpc) is 2.04. The maximum absolute atomic E-state index is 10.2. The number of carbonyl (C=O) groups is 1. The fraction of sp³-hybridized carbons (Fsp3) is 0. The largest absolute Gasteiger partial charge is 0.502 e. The van der Waals surface area contributed by atoms with Crippen molar-refractivity contribution in [2.24, 2.45) is 0 Å². The van der Waals surface area contributed by atoms with Gasteiger partial charge in [-0.25, -0.2) is 0 Å². The Labute approximate surface area is 72.5 Å². The predicted molar refractivity (Wildman–Crippen MR) is 41.5 cm³/mol. The Bertz CT molecular complexity index is 349. The average molecular weight is 183 g/mol. The Hall–Kier alpha value is -2.11. The van der Waals surface area contributed by atoms with Gasteiger partial charge in [0.05, 0.1) is 4.92 Å². The molecule has 0 fully saturated rings. The zero-order chi connectivity index (χ0) is 9.84. The SMILES string of the molecule is O=COc1ccc([N+](=O)[O-])c(O)c1. The number of ether oxygens (including phenoxy) is 1. The molecule has 1 N–H and O–H groups in total. The third-order valence-electron chi connectivity index (χ3n) is 1.33. The Morgan fingerprint density at radius 3 is 2.69 bits per heavy atom. The van der Waals surface area contributed by atoms with Crippen LogP contribution in [0, 0.1) is 10.1 Å². The number of carbonyl (C=O) groups excluding carboxylic acids is 1. The van der Waals surface area contributed by atoms with Crippen molar-refractivity contribution in [3.05, 3.63) is 28.3 Å². The van der Waals surface area contributed by atoms with Gasteiger partial charge in [-0.3, -0.25) is 14.9 Å². The van der Waals surface area contributed by atoms with E-state index in [1.54, 1.807) is 0 Å². The zero-order valence-corrected chi connectivity index (χ0v) is 6.34. The summed E-state index contributed by atoms with van der Waals surface area (Å²) < 4.78 is 4.36. The van der Waals surface area contributed by atoms with Crippen molar-refractivity contribution in [2.75, 3.05) is 0 Å². The molecule has 13 heavy (non-hydrogen) atoms. The van der Waals surface area contributed by atoms with Gasteiger partial charge in [-0.1, -0.05) is 0 Å². The minimum Gasteiger partial charge on any atom is -0.502 e. The molecule has 0 saturated carbocycles. The summed E-state index contributed by atoms with van der Waals surface area (Å²) in [7, 11) is 0. The first kappa shape index (κ1) is 8.98. The maximum Gasteiger partial charge on any atom is 0.310 e. The van der Waals surface area contributed by atoms with Gasteiger partial charge in [0.15, 0.2) is 5.75 Å². The van der Waals surface area contributed by atoms with Crippen molar-refractivity contribution >= 4 is 12.2 Å². The lowest BCUT2D eigenvalue weighted by Gasteiger charge is -1.98. The third kappa shape index (κ3) is 1.92. The number of rotatable bonds is 3. The number of hydrogen-bond donors (Lipinski definition) is 1. The quantitative estimate of drug-likeness (QED) is 0.426. The molecule has 0 heterocycles. The van der Waals surface area contributed by atoms with Crippen LogP contribution in [0.1, 0.15) is 0 Å². The number of nitro groups is 1. The third-order valence-corrected chi connectivity index (χ3v) is 1.33. The molecule has 0 bridgehead atoms. The summed E-state index contributed by atoms with van der Waals surface area (Å²) in [4.78, 5) is 19.4. The molecule has 0 aliphatic carbocycles. The highest BCUT2D eigenvalue weighted by molar-refractivity contribution is 5.53. The molecular formula is C7H5NO5. The first-order valence-corrected chi connectivity index (χ1v) is 3.23. The normalized spacial score (nSPS) is 9.23. The molecule has 0 spiro atoms. The first-order valence-electron chi connectivity index (χ1n) is 3.23. The standard InChI is InChI=1S/C7H5NO5/c9-4-13-5-1-2-6(8(11)12)7(10)3-5/h1-4,10H. The molecule has 0 unspecified atom stereocenters. The molecule has 0 radical (unpaired) electrons. The van der Waals surface area contributed by atoms with E-state index in [0.29, 0.717) is 0 Å². The smallest absolute Gasteiger partial charge is 0.310 e. The van der Waals surface area contributed by atoms with E-state index in [0.717, 1.165) is 12.1 Å². The Morgan fingerprint density at radius 1 is 1.54 bits per heavy atom. The number of nitrogens with zero attached hydrogens (tertiary/aromatic N) is 1. The van der Waals surface area contributed by atoms with Gasteiger partial charge < -0.3 is 9.84 Å². The minimum atomic E-state index is -0.736. The number of phenolic OH excluding ortho intramolecular Hbond substituents is 1. The molecule has 0 aliphatic heterocycles. The van der Waals surface area contributed by atoms with E-state index < -0.39 is 16.4 Å². The highest BCUT2D eigenvalue weighted by atomic mass is 16.6. The van der Waals surface area contributed by atoms with E-state index in [4.69, 9.17) is 5.11 Å². The molecule has 1 aromatic carbocycles. The van der Waals surface area contributed by atoms with Crippen LogP contribution in [0.2, 0.25) is 0 Å². The fourth-order valence-corrected chi connectivity index (χ4v) is 0.786. The van der Waals surface area contributed by atoms with Gasteiger partial charge in [-0.2, -0.15) is 0 Å². The summed E-state index contributed by atoms with van der Waals surface area (Å²) >= 11 is 0. The van der Waals surface area contributed by atoms with Crippen LogP contribution in [0.15, 0.2) is 18.2 Å². The minimum absolute atomic E-state index is 0.0538. The van der Waals surface area contributed by atoms with Crippen molar-refractivity contribution in [3.8, 4) is 11.5 Å². The van der Waals surface area contributed by atoms with E-state index in [9.17, 15) is 14.9 Å². The van der Waals surface area contributed by atoms with Gasteiger partial charge >= 0.3 is 5.69 Å². The fourth-order valence-electron chi connectivity index (χ4n) is 0.786. The van der Waals surface area contributed by atoms with Crippen molar-refractivity contribution in [1.82, 2.24) is 0 Å². The van der Waals surface area contributed by atoms with Crippen LogP contribution >= 0.6 is 0 Å². The number of benzene rings is 1. The van der Waals surface area contributed by atoms with E-state index >= 15 is 0 Å². The molecule has 0 saturated heterocycles. The lowest BCUT2D eigenvalue weighted by molar-refractivity contribution is -0.385. The van der Waals surface area contributed by atoms with Crippen LogP contribution in [0.4, 0.5) is 5.69 Å². The van der Waals surface area contributed by atoms with Crippen LogP contribution in [0.5, 0.6) is 11.5 Å². The highest BCUT2D eigenvalue weighted by Crippen LogP contribution is 2.29. The zero-order valence-electron chi connectivity index (χ0n) is 6.34. The second-order valence-electron chi connectivity index (χ2n) is 2.12. The topological polar surface area (TPSA) is 89.7 Å². The number of aromatic hydroxyl groups is 1. The summed E-state index contributed by atoms with van der Waals surface area (Å²) in [5.74, 6) is -0.484. The van der Waals surface area contributed by atoms with Gasteiger partial charge in [0.1, 0.15) is 5.75 Å². The van der Waals surface area contributed by atoms with E-state index in [1.165, 1.54) is 6.07 Å². The van der Waals surface area contributed by atoms with E-state index in [2.05, 4.69) is 4.74 Å². The monoisotopic (exact) mass is 183 g/mol. The van der Waals surface area contributed by atoms with Crippen molar-refractivity contribution in [3.63, 3.8) is 0 Å². The maximum atomic E-state index is 10.2. The highest BCUT2D eigenvalue weighted by Gasteiger charge is 2.12. The van der Waals surface area contributed by atoms with Crippen molar-refractivity contribution in [2.45, 2.75) is 0 Å². The van der Waals surface area contributed by atoms with Crippen LogP contribution in [-0.2, 0) is 4.79 Å².